The molecule has 0 radical (unpaired) electrons. The number of pyridine rings is 1. The molecule has 4 aromatic heterocycles. The van der Waals surface area contributed by atoms with Gasteiger partial charge in [0.2, 0.25) is 0 Å². The van der Waals surface area contributed by atoms with Crippen molar-refractivity contribution in [1.82, 2.24) is 29.1 Å². The molecule has 0 aliphatic rings. The number of aromatic nitrogens is 6. The first-order valence-corrected chi connectivity index (χ1v) is 8.54. The van der Waals surface area contributed by atoms with Crippen LogP contribution in [0.4, 0.5) is 11.5 Å². The fraction of sp³-hybridized carbons (Fsp3) is 0.333. The van der Waals surface area contributed by atoms with E-state index < -0.39 is 0 Å². The molecular formula is C18H24N8. The highest BCUT2D eigenvalue weighted by atomic mass is 15.1. The third kappa shape index (κ3) is 3.17. The van der Waals surface area contributed by atoms with Crippen LogP contribution in [0.15, 0.2) is 37.2 Å². The molecule has 8 heteroatoms. The third-order valence-corrected chi connectivity index (χ3v) is 4.15. The van der Waals surface area contributed by atoms with Gasteiger partial charge in [0.05, 0.1) is 6.33 Å². The number of anilines is 2. The van der Waals surface area contributed by atoms with E-state index in [1.165, 1.54) is 6.33 Å². The molecule has 0 amide bonds. The Kier molecular flexibility index (Phi) is 4.75. The second-order valence-corrected chi connectivity index (χ2v) is 6.63. The largest absolute Gasteiger partial charge is 0.398 e. The molecule has 0 saturated carbocycles. The van der Waals surface area contributed by atoms with Crippen molar-refractivity contribution in [3.63, 3.8) is 0 Å². The molecule has 0 saturated heterocycles. The summed E-state index contributed by atoms with van der Waals surface area (Å²) >= 11 is 0. The quantitative estimate of drug-likeness (QED) is 0.573. The van der Waals surface area contributed by atoms with Crippen LogP contribution in [0.1, 0.15) is 39.8 Å². The number of nitrogens with zero attached hydrogens (tertiary/aromatic N) is 6. The number of hydrogen-bond acceptors (Lipinski definition) is 6. The van der Waals surface area contributed by atoms with Crippen LogP contribution in [0, 0.1) is 0 Å². The molecule has 0 aromatic carbocycles. The molecule has 4 rings (SSSR count). The molecular weight excluding hydrogens is 328 g/mol. The van der Waals surface area contributed by atoms with E-state index in [-0.39, 0.29) is 0 Å². The Morgan fingerprint density at radius 2 is 1.58 bits per heavy atom. The standard InChI is InChI=1S/C10H13N3.C8H11N5/c1-7(2)13-6-4-8-9(11)3-5-12-10(8)13;1-5(2)13-4-12-6-7(9)10-3-11-8(6)13/h3-7H,1-2H3,(H2,11,12);3-5H,1-2H3,(H2,9,10,11). The van der Waals surface area contributed by atoms with Crippen molar-refractivity contribution < 1.29 is 0 Å². The van der Waals surface area contributed by atoms with Crippen molar-refractivity contribution in [3.05, 3.63) is 37.2 Å². The van der Waals surface area contributed by atoms with Crippen LogP contribution in [0.2, 0.25) is 0 Å². The van der Waals surface area contributed by atoms with Crippen LogP contribution in [0.3, 0.4) is 0 Å². The average molecular weight is 352 g/mol. The van der Waals surface area contributed by atoms with Gasteiger partial charge in [-0.2, -0.15) is 0 Å². The molecule has 0 fully saturated rings. The number of hydrogen-bond donors (Lipinski definition) is 2. The Bertz CT molecular complexity index is 944. The summed E-state index contributed by atoms with van der Waals surface area (Å²) in [4.78, 5) is 16.5. The van der Waals surface area contributed by atoms with Gasteiger partial charge in [-0.25, -0.2) is 19.9 Å². The summed E-state index contributed by atoms with van der Waals surface area (Å²) in [6, 6.07) is 4.59. The Hall–Kier alpha value is -3.16. The van der Waals surface area contributed by atoms with Crippen molar-refractivity contribution in [1.29, 1.82) is 0 Å². The molecule has 4 heterocycles. The van der Waals surface area contributed by atoms with E-state index in [9.17, 15) is 0 Å². The second kappa shape index (κ2) is 6.99. The number of nitrogens with two attached hydrogens (primary N) is 2. The molecule has 0 spiro atoms. The summed E-state index contributed by atoms with van der Waals surface area (Å²) < 4.78 is 4.08. The zero-order chi connectivity index (χ0) is 18.8. The summed E-state index contributed by atoms with van der Waals surface area (Å²) in [7, 11) is 0. The van der Waals surface area contributed by atoms with E-state index in [0.717, 1.165) is 22.4 Å². The molecule has 26 heavy (non-hydrogen) atoms. The van der Waals surface area contributed by atoms with Crippen LogP contribution in [-0.4, -0.2) is 29.1 Å². The minimum Gasteiger partial charge on any atom is -0.398 e. The van der Waals surface area contributed by atoms with Gasteiger partial charge < -0.3 is 20.6 Å². The molecule has 0 unspecified atom stereocenters. The van der Waals surface area contributed by atoms with E-state index in [1.807, 2.05) is 22.9 Å². The predicted molar refractivity (Wildman–Crippen MR) is 105 cm³/mol. The summed E-state index contributed by atoms with van der Waals surface area (Å²) in [6.07, 6.45) is 6.97. The van der Waals surface area contributed by atoms with Gasteiger partial charge in [-0.05, 0) is 39.8 Å². The van der Waals surface area contributed by atoms with Crippen LogP contribution in [0.5, 0.6) is 0 Å². The molecule has 136 valence electrons. The molecule has 0 aliphatic carbocycles. The first-order chi connectivity index (χ1) is 12.4. The van der Waals surface area contributed by atoms with E-state index in [1.54, 1.807) is 12.5 Å². The van der Waals surface area contributed by atoms with Crippen molar-refractivity contribution in [3.8, 4) is 0 Å². The van der Waals surface area contributed by atoms with Gasteiger partial charge in [-0.1, -0.05) is 0 Å². The Morgan fingerprint density at radius 3 is 2.27 bits per heavy atom. The van der Waals surface area contributed by atoms with Crippen molar-refractivity contribution >= 4 is 33.7 Å². The van der Waals surface area contributed by atoms with Crippen LogP contribution in [0.25, 0.3) is 22.2 Å². The van der Waals surface area contributed by atoms with Gasteiger partial charge in [-0.3, -0.25) is 0 Å². The fourth-order valence-electron chi connectivity index (χ4n) is 2.74. The molecule has 0 aliphatic heterocycles. The smallest absolute Gasteiger partial charge is 0.165 e. The van der Waals surface area contributed by atoms with Gasteiger partial charge >= 0.3 is 0 Å². The number of nitrogen functional groups attached to an aromatic ring is 2. The van der Waals surface area contributed by atoms with Crippen molar-refractivity contribution in [2.75, 3.05) is 11.5 Å². The lowest BCUT2D eigenvalue weighted by atomic mass is 10.3. The maximum Gasteiger partial charge on any atom is 0.165 e. The maximum atomic E-state index is 5.82. The summed E-state index contributed by atoms with van der Waals surface area (Å²) in [5.41, 5.74) is 14.7. The zero-order valence-corrected chi connectivity index (χ0v) is 15.5. The maximum absolute atomic E-state index is 5.82. The summed E-state index contributed by atoms with van der Waals surface area (Å²) in [5.74, 6) is 0.435. The highest BCUT2D eigenvalue weighted by Crippen LogP contribution is 2.22. The summed E-state index contributed by atoms with van der Waals surface area (Å²) in [6.45, 7) is 8.40. The lowest BCUT2D eigenvalue weighted by Gasteiger charge is -2.07. The van der Waals surface area contributed by atoms with Crippen molar-refractivity contribution in [2.45, 2.75) is 39.8 Å². The first kappa shape index (κ1) is 17.7. The second-order valence-electron chi connectivity index (χ2n) is 6.63. The Balaban J connectivity index is 0.000000151. The minimum atomic E-state index is 0.333. The normalized spacial score (nSPS) is 11.3. The molecule has 0 atom stereocenters. The third-order valence-electron chi connectivity index (χ3n) is 4.15. The number of fused-ring (bicyclic) bond motifs is 2. The Labute approximate surface area is 151 Å². The van der Waals surface area contributed by atoms with E-state index in [4.69, 9.17) is 11.5 Å². The first-order valence-electron chi connectivity index (χ1n) is 8.54. The lowest BCUT2D eigenvalue weighted by Crippen LogP contribution is -2.00. The van der Waals surface area contributed by atoms with Crippen molar-refractivity contribution in [2.24, 2.45) is 0 Å². The Morgan fingerprint density at radius 1 is 0.846 bits per heavy atom. The minimum absolute atomic E-state index is 0.333. The zero-order valence-electron chi connectivity index (χ0n) is 15.5. The fourth-order valence-corrected chi connectivity index (χ4v) is 2.74. The topological polar surface area (TPSA) is 113 Å². The van der Waals surface area contributed by atoms with Gasteiger partial charge in [0, 0.05) is 35.6 Å². The van der Waals surface area contributed by atoms with Gasteiger partial charge in [-0.15, -0.1) is 0 Å². The van der Waals surface area contributed by atoms with Crippen LogP contribution < -0.4 is 11.5 Å². The van der Waals surface area contributed by atoms with Crippen LogP contribution in [-0.2, 0) is 0 Å². The number of rotatable bonds is 2. The summed E-state index contributed by atoms with van der Waals surface area (Å²) in [5, 5.41) is 1.04. The molecule has 4 aromatic rings. The molecule has 4 N–H and O–H groups in total. The predicted octanol–water partition coefficient (Wildman–Crippen LogP) is 3.19. The SMILES string of the molecule is CC(C)n1ccc2c(N)ccnc21.CC(C)n1cnc2c(N)ncnc21. The highest BCUT2D eigenvalue weighted by molar-refractivity contribution is 5.88. The highest BCUT2D eigenvalue weighted by Gasteiger charge is 2.09. The van der Waals surface area contributed by atoms with Crippen LogP contribution >= 0.6 is 0 Å². The van der Waals surface area contributed by atoms with Gasteiger partial charge in [0.15, 0.2) is 11.5 Å². The monoisotopic (exact) mass is 352 g/mol. The van der Waals surface area contributed by atoms with Gasteiger partial charge in [0.25, 0.3) is 0 Å². The van der Waals surface area contributed by atoms with E-state index in [0.29, 0.717) is 23.4 Å². The molecule has 0 bridgehead atoms. The van der Waals surface area contributed by atoms with Gasteiger partial charge in [0.1, 0.15) is 17.5 Å². The van der Waals surface area contributed by atoms with E-state index in [2.05, 4.69) is 52.2 Å². The van der Waals surface area contributed by atoms with E-state index >= 15 is 0 Å². The number of imidazole rings is 1. The molecule has 8 nitrogen and oxygen atoms in total. The average Bonchev–Trinajstić information content (AvgIpc) is 3.21. The lowest BCUT2D eigenvalue weighted by molar-refractivity contribution is 0.612.